The van der Waals surface area contributed by atoms with Crippen molar-refractivity contribution in [3.8, 4) is 5.69 Å². The molecule has 0 radical (unpaired) electrons. The number of aryl methyl sites for hydroxylation is 1. The van der Waals surface area contributed by atoms with Gasteiger partial charge in [0.05, 0.1) is 18.3 Å². The molecule has 1 aromatic heterocycles. The Morgan fingerprint density at radius 2 is 1.74 bits per heavy atom. The molecule has 0 spiro atoms. The summed E-state index contributed by atoms with van der Waals surface area (Å²) in [7, 11) is 0. The lowest BCUT2D eigenvalue weighted by molar-refractivity contribution is -0.131. The van der Waals surface area contributed by atoms with Crippen molar-refractivity contribution in [1.29, 1.82) is 0 Å². The molecule has 0 aliphatic carbocycles. The van der Waals surface area contributed by atoms with E-state index in [1.807, 2.05) is 34.0 Å². The van der Waals surface area contributed by atoms with Crippen LogP contribution in [0.3, 0.4) is 0 Å². The van der Waals surface area contributed by atoms with E-state index in [4.69, 9.17) is 0 Å². The van der Waals surface area contributed by atoms with E-state index in [1.165, 1.54) is 11.1 Å². The molecule has 2 heterocycles. The SMILES string of the molecule is Cc1ccc(CC(=O)N2CCC(c3cnn(-c4ccccc4)c3)CC2)cc1. The highest BCUT2D eigenvalue weighted by atomic mass is 16.2. The van der Waals surface area contributed by atoms with Crippen LogP contribution < -0.4 is 0 Å². The van der Waals surface area contributed by atoms with Gasteiger partial charge in [-0.1, -0.05) is 48.0 Å². The highest BCUT2D eigenvalue weighted by molar-refractivity contribution is 5.78. The van der Waals surface area contributed by atoms with E-state index in [1.54, 1.807) is 0 Å². The molecule has 2 aromatic carbocycles. The van der Waals surface area contributed by atoms with Crippen molar-refractivity contribution in [2.24, 2.45) is 0 Å². The summed E-state index contributed by atoms with van der Waals surface area (Å²) in [6.07, 6.45) is 6.60. The Balaban J connectivity index is 1.34. The number of nitrogens with zero attached hydrogens (tertiary/aromatic N) is 3. The first-order valence-electron chi connectivity index (χ1n) is 9.62. The molecule has 4 rings (SSSR count). The van der Waals surface area contributed by atoms with Crippen LogP contribution in [0.1, 0.15) is 35.4 Å². The van der Waals surface area contributed by atoms with Gasteiger partial charge >= 0.3 is 0 Å². The molecule has 0 unspecified atom stereocenters. The summed E-state index contributed by atoms with van der Waals surface area (Å²) in [5, 5.41) is 4.51. The number of benzene rings is 2. The minimum Gasteiger partial charge on any atom is -0.342 e. The highest BCUT2D eigenvalue weighted by Gasteiger charge is 2.24. The Morgan fingerprint density at radius 1 is 1.04 bits per heavy atom. The molecule has 4 nitrogen and oxygen atoms in total. The second-order valence-electron chi connectivity index (χ2n) is 7.37. The minimum atomic E-state index is 0.234. The number of aromatic nitrogens is 2. The summed E-state index contributed by atoms with van der Waals surface area (Å²) < 4.78 is 1.93. The van der Waals surface area contributed by atoms with Gasteiger partial charge < -0.3 is 4.90 Å². The van der Waals surface area contributed by atoms with Crippen LogP contribution in [0, 0.1) is 6.92 Å². The number of amides is 1. The average molecular weight is 359 g/mol. The Bertz CT molecular complexity index is 891. The van der Waals surface area contributed by atoms with Crippen LogP contribution in [0.25, 0.3) is 5.69 Å². The van der Waals surface area contributed by atoms with Gasteiger partial charge in [0.2, 0.25) is 5.91 Å². The van der Waals surface area contributed by atoms with Crippen LogP contribution in [0.15, 0.2) is 67.0 Å². The number of hydrogen-bond acceptors (Lipinski definition) is 2. The molecular weight excluding hydrogens is 334 g/mol. The molecule has 0 N–H and O–H groups in total. The average Bonchev–Trinajstić information content (AvgIpc) is 3.21. The zero-order valence-corrected chi connectivity index (χ0v) is 15.7. The molecule has 0 bridgehead atoms. The normalized spacial score (nSPS) is 15.1. The number of carbonyl (C=O) groups excluding carboxylic acids is 1. The smallest absolute Gasteiger partial charge is 0.226 e. The van der Waals surface area contributed by atoms with E-state index >= 15 is 0 Å². The summed E-state index contributed by atoms with van der Waals surface area (Å²) in [5.74, 6) is 0.711. The fourth-order valence-corrected chi connectivity index (χ4v) is 3.72. The fourth-order valence-electron chi connectivity index (χ4n) is 3.72. The third-order valence-electron chi connectivity index (χ3n) is 5.42. The maximum absolute atomic E-state index is 12.6. The van der Waals surface area contributed by atoms with Crippen molar-refractivity contribution in [3.05, 3.63) is 83.7 Å². The van der Waals surface area contributed by atoms with E-state index in [9.17, 15) is 4.79 Å². The second kappa shape index (κ2) is 7.78. The van der Waals surface area contributed by atoms with Gasteiger partial charge in [0, 0.05) is 19.3 Å². The lowest BCUT2D eigenvalue weighted by Gasteiger charge is -2.31. The molecule has 1 aliphatic heterocycles. The van der Waals surface area contributed by atoms with Crippen molar-refractivity contribution in [2.45, 2.75) is 32.1 Å². The van der Waals surface area contributed by atoms with E-state index in [-0.39, 0.29) is 5.91 Å². The lowest BCUT2D eigenvalue weighted by atomic mass is 9.91. The molecule has 0 saturated carbocycles. The van der Waals surface area contributed by atoms with Crippen molar-refractivity contribution in [2.75, 3.05) is 13.1 Å². The maximum Gasteiger partial charge on any atom is 0.226 e. The molecule has 27 heavy (non-hydrogen) atoms. The summed E-state index contributed by atoms with van der Waals surface area (Å²) in [4.78, 5) is 14.6. The monoisotopic (exact) mass is 359 g/mol. The van der Waals surface area contributed by atoms with Crippen molar-refractivity contribution >= 4 is 5.91 Å². The van der Waals surface area contributed by atoms with Gasteiger partial charge in [-0.2, -0.15) is 5.10 Å². The van der Waals surface area contributed by atoms with Crippen molar-refractivity contribution in [1.82, 2.24) is 14.7 Å². The van der Waals surface area contributed by atoms with Gasteiger partial charge in [-0.25, -0.2) is 4.68 Å². The fraction of sp³-hybridized carbons (Fsp3) is 0.304. The predicted molar refractivity (Wildman–Crippen MR) is 107 cm³/mol. The summed E-state index contributed by atoms with van der Waals surface area (Å²) in [5.41, 5.74) is 4.67. The first-order valence-corrected chi connectivity index (χ1v) is 9.62. The number of carbonyl (C=O) groups is 1. The first kappa shape index (κ1) is 17.5. The Morgan fingerprint density at radius 3 is 2.44 bits per heavy atom. The Hall–Kier alpha value is -2.88. The highest BCUT2D eigenvalue weighted by Crippen LogP contribution is 2.28. The van der Waals surface area contributed by atoms with Crippen LogP contribution in [-0.4, -0.2) is 33.7 Å². The van der Waals surface area contributed by atoms with E-state index < -0.39 is 0 Å². The summed E-state index contributed by atoms with van der Waals surface area (Å²) in [6.45, 7) is 3.72. The Labute approximate surface area is 160 Å². The van der Waals surface area contributed by atoms with E-state index in [0.717, 1.165) is 37.2 Å². The number of likely N-dealkylation sites (tertiary alicyclic amines) is 1. The molecule has 1 aliphatic rings. The van der Waals surface area contributed by atoms with E-state index in [2.05, 4.69) is 54.6 Å². The van der Waals surface area contributed by atoms with Gasteiger partial charge in [0.25, 0.3) is 0 Å². The number of rotatable bonds is 4. The largest absolute Gasteiger partial charge is 0.342 e. The van der Waals surface area contributed by atoms with Gasteiger partial charge in [0.1, 0.15) is 0 Å². The van der Waals surface area contributed by atoms with Crippen LogP contribution in [0.4, 0.5) is 0 Å². The molecule has 0 atom stereocenters. The Kier molecular flexibility index (Phi) is 5.05. The van der Waals surface area contributed by atoms with Gasteiger partial charge in [-0.3, -0.25) is 4.79 Å². The van der Waals surface area contributed by atoms with Crippen LogP contribution in [-0.2, 0) is 11.2 Å². The van der Waals surface area contributed by atoms with Gasteiger partial charge in [-0.05, 0) is 48.9 Å². The molecule has 138 valence electrons. The zero-order chi connectivity index (χ0) is 18.6. The molecule has 1 fully saturated rings. The molecular formula is C23H25N3O. The predicted octanol–water partition coefficient (Wildman–Crippen LogP) is 4.13. The molecule has 1 saturated heterocycles. The van der Waals surface area contributed by atoms with Crippen molar-refractivity contribution < 1.29 is 4.79 Å². The first-order chi connectivity index (χ1) is 13.2. The standard InChI is InChI=1S/C23H25N3O/c1-18-7-9-19(10-8-18)15-23(27)25-13-11-20(12-14-25)21-16-24-26(17-21)22-5-3-2-4-6-22/h2-10,16-17,20H,11-15H2,1H3. The third-order valence-corrected chi connectivity index (χ3v) is 5.42. The number of piperidine rings is 1. The quantitative estimate of drug-likeness (QED) is 0.702. The lowest BCUT2D eigenvalue weighted by Crippen LogP contribution is -2.38. The van der Waals surface area contributed by atoms with Gasteiger partial charge in [-0.15, -0.1) is 0 Å². The zero-order valence-electron chi connectivity index (χ0n) is 15.7. The molecule has 4 heteroatoms. The van der Waals surface area contributed by atoms with Gasteiger partial charge in [0.15, 0.2) is 0 Å². The summed E-state index contributed by atoms with van der Waals surface area (Å²) >= 11 is 0. The minimum absolute atomic E-state index is 0.234. The summed E-state index contributed by atoms with van der Waals surface area (Å²) in [6, 6.07) is 18.4. The molecule has 3 aromatic rings. The molecule has 1 amide bonds. The van der Waals surface area contributed by atoms with Crippen molar-refractivity contribution in [3.63, 3.8) is 0 Å². The van der Waals surface area contributed by atoms with E-state index in [0.29, 0.717) is 12.3 Å². The third kappa shape index (κ3) is 4.11. The van der Waals surface area contributed by atoms with Crippen LogP contribution in [0.5, 0.6) is 0 Å². The number of hydrogen-bond donors (Lipinski definition) is 0. The van der Waals surface area contributed by atoms with Crippen LogP contribution in [0.2, 0.25) is 0 Å². The maximum atomic E-state index is 12.6. The second-order valence-corrected chi connectivity index (χ2v) is 7.37. The van der Waals surface area contributed by atoms with Crippen LogP contribution >= 0.6 is 0 Å². The number of para-hydroxylation sites is 1. The topological polar surface area (TPSA) is 38.1 Å².